The fraction of sp³-hybridized carbons (Fsp3) is 0.136. The summed E-state index contributed by atoms with van der Waals surface area (Å²) in [5, 5.41) is 8.97. The second-order valence-electron chi connectivity index (χ2n) is 6.53. The quantitative estimate of drug-likeness (QED) is 0.361. The topological polar surface area (TPSA) is 52.8 Å². The minimum Gasteiger partial charge on any atom is -0.496 e. The van der Waals surface area contributed by atoms with Gasteiger partial charge < -0.3 is 4.74 Å². The van der Waals surface area contributed by atoms with Gasteiger partial charge in [0.05, 0.1) is 18.4 Å². The molecule has 2 aromatic heterocycles. The second kappa shape index (κ2) is 8.81. The molecule has 0 aliphatic carbocycles. The number of nitrogens with zero attached hydrogens (tertiary/aromatic N) is 4. The van der Waals surface area contributed by atoms with Gasteiger partial charge >= 0.3 is 6.18 Å². The van der Waals surface area contributed by atoms with Crippen molar-refractivity contribution in [2.45, 2.75) is 17.1 Å². The summed E-state index contributed by atoms with van der Waals surface area (Å²) in [5.41, 5.74) is 1.17. The van der Waals surface area contributed by atoms with Crippen molar-refractivity contribution < 1.29 is 17.9 Å². The maximum Gasteiger partial charge on any atom is 0.416 e. The molecule has 0 saturated heterocycles. The number of alkyl halides is 3. The van der Waals surface area contributed by atoms with Crippen LogP contribution in [0.4, 0.5) is 13.2 Å². The van der Waals surface area contributed by atoms with Gasteiger partial charge in [-0.3, -0.25) is 9.55 Å². The van der Waals surface area contributed by atoms with Gasteiger partial charge in [-0.15, -0.1) is 10.2 Å². The van der Waals surface area contributed by atoms with Gasteiger partial charge in [0.15, 0.2) is 11.0 Å². The van der Waals surface area contributed by atoms with Crippen LogP contribution in [0.25, 0.3) is 17.1 Å². The van der Waals surface area contributed by atoms with Gasteiger partial charge in [0.2, 0.25) is 0 Å². The van der Waals surface area contributed by atoms with Crippen molar-refractivity contribution in [2.75, 3.05) is 7.11 Å². The van der Waals surface area contributed by atoms with E-state index in [9.17, 15) is 13.2 Å². The van der Waals surface area contributed by atoms with Crippen molar-refractivity contribution >= 4 is 11.8 Å². The lowest BCUT2D eigenvalue weighted by molar-refractivity contribution is -0.137. The lowest BCUT2D eigenvalue weighted by atomic mass is 10.2. The first-order valence-corrected chi connectivity index (χ1v) is 10.2. The highest BCUT2D eigenvalue weighted by atomic mass is 32.2. The number of hydrogen-bond donors (Lipinski definition) is 0. The highest BCUT2D eigenvalue weighted by molar-refractivity contribution is 7.98. The highest BCUT2D eigenvalue weighted by Gasteiger charge is 2.31. The Bertz CT molecular complexity index is 1180. The zero-order valence-corrected chi connectivity index (χ0v) is 17.2. The normalized spacial score (nSPS) is 11.5. The minimum absolute atomic E-state index is 0.321. The molecule has 4 rings (SSSR count). The molecular formula is C22H17F3N4OS. The van der Waals surface area contributed by atoms with Crippen molar-refractivity contribution in [3.05, 3.63) is 84.2 Å². The van der Waals surface area contributed by atoms with E-state index in [1.165, 1.54) is 17.8 Å². The summed E-state index contributed by atoms with van der Waals surface area (Å²) >= 11 is 1.36. The van der Waals surface area contributed by atoms with Crippen LogP contribution in [-0.2, 0) is 11.9 Å². The van der Waals surface area contributed by atoms with Gasteiger partial charge in [0, 0.05) is 29.3 Å². The first-order chi connectivity index (χ1) is 15.0. The van der Waals surface area contributed by atoms with Crippen LogP contribution in [0.5, 0.6) is 5.75 Å². The first-order valence-electron chi connectivity index (χ1n) is 9.25. The third-order valence-corrected chi connectivity index (χ3v) is 5.51. The molecule has 5 nitrogen and oxygen atoms in total. The van der Waals surface area contributed by atoms with E-state index in [2.05, 4.69) is 15.2 Å². The average molecular weight is 442 g/mol. The molecule has 0 bridgehead atoms. The first kappa shape index (κ1) is 20.9. The van der Waals surface area contributed by atoms with Crippen LogP contribution < -0.4 is 4.74 Å². The van der Waals surface area contributed by atoms with Crippen molar-refractivity contribution in [3.8, 4) is 22.8 Å². The fourth-order valence-corrected chi connectivity index (χ4v) is 4.01. The van der Waals surface area contributed by atoms with Crippen molar-refractivity contribution in [1.82, 2.24) is 19.7 Å². The summed E-state index contributed by atoms with van der Waals surface area (Å²) in [5.74, 6) is 1.65. The molecule has 0 amide bonds. The Labute approximate surface area is 180 Å². The predicted molar refractivity (Wildman–Crippen MR) is 112 cm³/mol. The Morgan fingerprint density at radius 3 is 2.58 bits per heavy atom. The van der Waals surface area contributed by atoms with Gasteiger partial charge in [-0.2, -0.15) is 13.2 Å². The molecule has 0 fully saturated rings. The molecule has 2 heterocycles. The monoisotopic (exact) mass is 442 g/mol. The maximum atomic E-state index is 13.3. The van der Waals surface area contributed by atoms with E-state index in [-0.39, 0.29) is 0 Å². The third kappa shape index (κ3) is 4.56. The molecule has 0 saturated carbocycles. The molecule has 0 aliphatic heterocycles. The van der Waals surface area contributed by atoms with E-state index in [0.29, 0.717) is 28.0 Å². The molecule has 0 aliphatic rings. The van der Waals surface area contributed by atoms with Crippen molar-refractivity contribution in [2.24, 2.45) is 0 Å². The number of ether oxygens (including phenoxy) is 1. The van der Waals surface area contributed by atoms with Crippen LogP contribution in [0.2, 0.25) is 0 Å². The largest absolute Gasteiger partial charge is 0.496 e. The van der Waals surface area contributed by atoms with E-state index in [1.54, 1.807) is 42.3 Å². The molecule has 9 heteroatoms. The maximum absolute atomic E-state index is 13.3. The highest BCUT2D eigenvalue weighted by Crippen LogP contribution is 2.34. The molecular weight excluding hydrogens is 425 g/mol. The standard InChI is InChI=1S/C22H17F3N4OS/c1-30-19-10-3-2-6-16(19)14-31-21-28-27-20(15-7-5-11-26-13-15)29(21)18-9-4-8-17(12-18)22(23,24)25/h2-13H,14H2,1H3. The Morgan fingerprint density at radius 2 is 1.84 bits per heavy atom. The zero-order chi connectivity index (χ0) is 21.8. The molecule has 31 heavy (non-hydrogen) atoms. The second-order valence-corrected chi connectivity index (χ2v) is 7.47. The summed E-state index contributed by atoms with van der Waals surface area (Å²) < 4.78 is 47.0. The summed E-state index contributed by atoms with van der Waals surface area (Å²) in [6.07, 6.45) is -1.24. The lowest BCUT2D eigenvalue weighted by Crippen LogP contribution is -2.07. The fourth-order valence-electron chi connectivity index (χ4n) is 3.06. The summed E-state index contributed by atoms with van der Waals surface area (Å²) in [6.45, 7) is 0. The minimum atomic E-state index is -4.46. The van der Waals surface area contributed by atoms with Crippen LogP contribution >= 0.6 is 11.8 Å². The molecule has 0 N–H and O–H groups in total. The molecule has 158 valence electrons. The summed E-state index contributed by atoms with van der Waals surface area (Å²) in [6, 6.07) is 16.2. The third-order valence-electron chi connectivity index (χ3n) is 4.53. The number of aromatic nitrogens is 4. The lowest BCUT2D eigenvalue weighted by Gasteiger charge is -2.13. The van der Waals surface area contributed by atoms with Crippen molar-refractivity contribution in [1.29, 1.82) is 0 Å². The number of thioether (sulfide) groups is 1. The molecule has 0 unspecified atom stereocenters. The van der Waals surface area contributed by atoms with Crippen LogP contribution in [0, 0.1) is 0 Å². The van der Waals surface area contributed by atoms with Crippen molar-refractivity contribution in [3.63, 3.8) is 0 Å². The van der Waals surface area contributed by atoms with Gasteiger partial charge in [-0.1, -0.05) is 36.0 Å². The SMILES string of the molecule is COc1ccccc1CSc1nnc(-c2cccnc2)n1-c1cccc(C(F)(F)F)c1. The Hall–Kier alpha value is -3.33. The van der Waals surface area contributed by atoms with Gasteiger partial charge in [0.1, 0.15) is 5.75 Å². The van der Waals surface area contributed by atoms with E-state index in [4.69, 9.17) is 4.74 Å². The summed E-state index contributed by atoms with van der Waals surface area (Å²) in [4.78, 5) is 4.09. The predicted octanol–water partition coefficient (Wildman–Crippen LogP) is 5.65. The van der Waals surface area contributed by atoms with E-state index in [1.807, 2.05) is 24.3 Å². The number of rotatable bonds is 6. The number of hydrogen-bond acceptors (Lipinski definition) is 5. The van der Waals surface area contributed by atoms with E-state index in [0.717, 1.165) is 23.4 Å². The zero-order valence-electron chi connectivity index (χ0n) is 16.4. The molecule has 2 aromatic carbocycles. The van der Waals surface area contributed by atoms with Crippen LogP contribution in [0.15, 0.2) is 78.2 Å². The van der Waals surface area contributed by atoms with Gasteiger partial charge in [0.25, 0.3) is 0 Å². The number of methoxy groups -OCH3 is 1. The summed E-state index contributed by atoms with van der Waals surface area (Å²) in [7, 11) is 1.59. The van der Waals surface area contributed by atoms with Gasteiger partial charge in [-0.25, -0.2) is 0 Å². The number of halogens is 3. The smallest absolute Gasteiger partial charge is 0.416 e. The van der Waals surface area contributed by atoms with Crippen LogP contribution in [0.3, 0.4) is 0 Å². The van der Waals surface area contributed by atoms with Crippen LogP contribution in [0.1, 0.15) is 11.1 Å². The molecule has 0 radical (unpaired) electrons. The average Bonchev–Trinajstić information content (AvgIpc) is 3.22. The number of para-hydroxylation sites is 1. The number of pyridine rings is 1. The van der Waals surface area contributed by atoms with Crippen LogP contribution in [-0.4, -0.2) is 26.9 Å². The van der Waals surface area contributed by atoms with E-state index < -0.39 is 11.7 Å². The number of benzene rings is 2. The Balaban J connectivity index is 1.77. The molecule has 0 atom stereocenters. The molecule has 0 spiro atoms. The van der Waals surface area contributed by atoms with Gasteiger partial charge in [-0.05, 0) is 36.4 Å². The molecule has 4 aromatic rings. The van der Waals surface area contributed by atoms with E-state index >= 15 is 0 Å². The Morgan fingerprint density at radius 1 is 1.00 bits per heavy atom. The Kier molecular flexibility index (Phi) is 5.94.